The molecule has 110 valence electrons. The number of hydrogen-bond acceptors (Lipinski definition) is 5. The second-order valence-electron chi connectivity index (χ2n) is 4.61. The third kappa shape index (κ3) is 3.00. The monoisotopic (exact) mass is 285 g/mol. The number of rotatable bonds is 5. The zero-order chi connectivity index (χ0) is 15.4. The SMILES string of the molecule is C=CCN(N)c1nc(C)n(-c2ccccc2CC)c(=O)n1. The average molecular weight is 285 g/mol. The quantitative estimate of drug-likeness (QED) is 0.510. The van der Waals surface area contributed by atoms with Gasteiger partial charge in [-0.25, -0.2) is 15.2 Å². The predicted molar refractivity (Wildman–Crippen MR) is 83.5 cm³/mol. The van der Waals surface area contributed by atoms with Crippen molar-refractivity contribution in [3.63, 3.8) is 0 Å². The van der Waals surface area contributed by atoms with Crippen molar-refractivity contribution in [2.75, 3.05) is 11.6 Å². The molecule has 0 saturated carbocycles. The molecule has 0 unspecified atom stereocenters. The Balaban J connectivity index is 2.56. The fraction of sp³-hybridized carbons (Fsp3) is 0.267. The van der Waals surface area contributed by atoms with Crippen LogP contribution in [0.5, 0.6) is 0 Å². The summed E-state index contributed by atoms with van der Waals surface area (Å²) in [5.41, 5.74) is 1.48. The first-order valence-electron chi connectivity index (χ1n) is 6.77. The van der Waals surface area contributed by atoms with Crippen molar-refractivity contribution in [2.24, 2.45) is 5.84 Å². The summed E-state index contributed by atoms with van der Waals surface area (Å²) in [6, 6.07) is 7.72. The Morgan fingerprint density at radius 3 is 2.71 bits per heavy atom. The molecule has 1 aromatic carbocycles. The van der Waals surface area contributed by atoms with Gasteiger partial charge in [0.25, 0.3) is 0 Å². The van der Waals surface area contributed by atoms with E-state index in [1.807, 2.05) is 31.2 Å². The number of benzene rings is 1. The van der Waals surface area contributed by atoms with Crippen molar-refractivity contribution in [1.82, 2.24) is 14.5 Å². The molecule has 6 nitrogen and oxygen atoms in total. The van der Waals surface area contributed by atoms with Gasteiger partial charge in [-0.05, 0) is 25.0 Å². The van der Waals surface area contributed by atoms with Gasteiger partial charge in [0.1, 0.15) is 5.82 Å². The minimum absolute atomic E-state index is 0.197. The van der Waals surface area contributed by atoms with Crippen LogP contribution in [0.4, 0.5) is 5.95 Å². The van der Waals surface area contributed by atoms with Crippen LogP contribution in [0.3, 0.4) is 0 Å². The Morgan fingerprint density at radius 1 is 1.38 bits per heavy atom. The number of nitrogens with zero attached hydrogens (tertiary/aromatic N) is 4. The molecule has 0 aliphatic rings. The first kappa shape index (κ1) is 14.9. The van der Waals surface area contributed by atoms with Crippen molar-refractivity contribution >= 4 is 5.95 Å². The zero-order valence-corrected chi connectivity index (χ0v) is 12.3. The number of hydrazine groups is 1. The minimum atomic E-state index is -0.391. The molecule has 0 saturated heterocycles. The van der Waals surface area contributed by atoms with Crippen LogP contribution in [0.15, 0.2) is 41.7 Å². The van der Waals surface area contributed by atoms with Crippen molar-refractivity contribution in [1.29, 1.82) is 0 Å². The summed E-state index contributed by atoms with van der Waals surface area (Å²) >= 11 is 0. The molecule has 0 aliphatic carbocycles. The van der Waals surface area contributed by atoms with E-state index in [2.05, 4.69) is 16.5 Å². The summed E-state index contributed by atoms with van der Waals surface area (Å²) in [7, 11) is 0. The molecular formula is C15H19N5O. The second-order valence-corrected chi connectivity index (χ2v) is 4.61. The van der Waals surface area contributed by atoms with Gasteiger partial charge in [0.2, 0.25) is 5.95 Å². The highest BCUT2D eigenvalue weighted by molar-refractivity contribution is 5.42. The molecule has 2 N–H and O–H groups in total. The van der Waals surface area contributed by atoms with E-state index in [0.29, 0.717) is 12.4 Å². The van der Waals surface area contributed by atoms with Gasteiger partial charge in [0, 0.05) is 0 Å². The van der Waals surface area contributed by atoms with Crippen molar-refractivity contribution in [3.8, 4) is 5.69 Å². The van der Waals surface area contributed by atoms with Gasteiger partial charge in [-0.3, -0.25) is 5.01 Å². The molecule has 6 heteroatoms. The van der Waals surface area contributed by atoms with Gasteiger partial charge in [0.05, 0.1) is 12.2 Å². The van der Waals surface area contributed by atoms with E-state index in [9.17, 15) is 4.79 Å². The highest BCUT2D eigenvalue weighted by Crippen LogP contribution is 2.15. The second kappa shape index (κ2) is 6.32. The van der Waals surface area contributed by atoms with Crippen LogP contribution >= 0.6 is 0 Å². The Labute approximate surface area is 123 Å². The third-order valence-electron chi connectivity index (χ3n) is 3.17. The first-order valence-corrected chi connectivity index (χ1v) is 6.77. The van der Waals surface area contributed by atoms with E-state index in [-0.39, 0.29) is 5.95 Å². The Kier molecular flexibility index (Phi) is 4.49. The van der Waals surface area contributed by atoms with Crippen LogP contribution in [0.2, 0.25) is 0 Å². The van der Waals surface area contributed by atoms with E-state index in [0.717, 1.165) is 17.7 Å². The lowest BCUT2D eigenvalue weighted by atomic mass is 10.1. The molecule has 0 bridgehead atoms. The Bertz CT molecular complexity index is 707. The topological polar surface area (TPSA) is 77.0 Å². The maximum Gasteiger partial charge on any atom is 0.356 e. The smallest absolute Gasteiger partial charge is 0.275 e. The van der Waals surface area contributed by atoms with E-state index < -0.39 is 5.69 Å². The molecule has 0 radical (unpaired) electrons. The number of hydrogen-bond donors (Lipinski definition) is 1. The fourth-order valence-electron chi connectivity index (χ4n) is 2.15. The van der Waals surface area contributed by atoms with Crippen LogP contribution in [0.1, 0.15) is 18.3 Å². The number of aryl methyl sites for hydroxylation is 2. The number of para-hydroxylation sites is 1. The predicted octanol–water partition coefficient (Wildman–Crippen LogP) is 1.36. The van der Waals surface area contributed by atoms with Crippen LogP contribution in [-0.2, 0) is 6.42 Å². The molecule has 0 spiro atoms. The van der Waals surface area contributed by atoms with Gasteiger partial charge < -0.3 is 0 Å². The molecule has 0 fully saturated rings. The summed E-state index contributed by atoms with van der Waals surface area (Å²) in [6.07, 6.45) is 2.44. The van der Waals surface area contributed by atoms with Gasteiger partial charge in [-0.2, -0.15) is 9.97 Å². The maximum absolute atomic E-state index is 12.3. The summed E-state index contributed by atoms with van der Waals surface area (Å²) in [6.45, 7) is 7.77. The van der Waals surface area contributed by atoms with Crippen molar-refractivity contribution in [3.05, 3.63) is 58.8 Å². The highest BCUT2D eigenvalue weighted by atomic mass is 16.1. The maximum atomic E-state index is 12.3. The van der Waals surface area contributed by atoms with Crippen LogP contribution in [-0.4, -0.2) is 21.1 Å². The molecular weight excluding hydrogens is 266 g/mol. The lowest BCUT2D eigenvalue weighted by Gasteiger charge is -2.17. The van der Waals surface area contributed by atoms with Gasteiger partial charge in [-0.1, -0.05) is 31.2 Å². The molecule has 2 aromatic rings. The van der Waals surface area contributed by atoms with Crippen molar-refractivity contribution in [2.45, 2.75) is 20.3 Å². The minimum Gasteiger partial charge on any atom is -0.275 e. The summed E-state index contributed by atoms with van der Waals surface area (Å²) < 4.78 is 1.50. The number of anilines is 1. The lowest BCUT2D eigenvalue weighted by Crippen LogP contribution is -2.36. The molecule has 1 heterocycles. The number of nitrogens with two attached hydrogens (primary N) is 1. The normalized spacial score (nSPS) is 10.4. The number of aromatic nitrogens is 3. The van der Waals surface area contributed by atoms with E-state index in [4.69, 9.17) is 5.84 Å². The van der Waals surface area contributed by atoms with E-state index in [1.54, 1.807) is 13.0 Å². The highest BCUT2D eigenvalue weighted by Gasteiger charge is 2.13. The molecule has 21 heavy (non-hydrogen) atoms. The summed E-state index contributed by atoms with van der Waals surface area (Å²) in [4.78, 5) is 20.6. The van der Waals surface area contributed by atoms with Gasteiger partial charge >= 0.3 is 5.69 Å². The lowest BCUT2D eigenvalue weighted by molar-refractivity contribution is 0.763. The average Bonchev–Trinajstić information content (AvgIpc) is 2.47. The zero-order valence-electron chi connectivity index (χ0n) is 12.3. The fourth-order valence-corrected chi connectivity index (χ4v) is 2.15. The Morgan fingerprint density at radius 2 is 2.10 bits per heavy atom. The van der Waals surface area contributed by atoms with Crippen molar-refractivity contribution < 1.29 is 0 Å². The molecule has 0 amide bonds. The van der Waals surface area contributed by atoms with E-state index in [1.165, 1.54) is 9.58 Å². The largest absolute Gasteiger partial charge is 0.356 e. The summed E-state index contributed by atoms with van der Waals surface area (Å²) in [5, 5.41) is 1.29. The Hall–Kier alpha value is -2.47. The van der Waals surface area contributed by atoms with Crippen LogP contribution in [0, 0.1) is 6.92 Å². The van der Waals surface area contributed by atoms with Crippen LogP contribution < -0.4 is 16.5 Å². The van der Waals surface area contributed by atoms with Gasteiger partial charge in [0.15, 0.2) is 0 Å². The molecule has 0 atom stereocenters. The third-order valence-corrected chi connectivity index (χ3v) is 3.17. The first-order chi connectivity index (χ1) is 10.1. The van der Waals surface area contributed by atoms with E-state index >= 15 is 0 Å². The summed E-state index contributed by atoms with van der Waals surface area (Å²) in [5.74, 6) is 6.52. The molecule has 0 aliphatic heterocycles. The molecule has 2 rings (SSSR count). The standard InChI is InChI=1S/C15H19N5O/c1-4-10-19(16)14-17-11(3)20(15(21)18-14)13-9-7-6-8-12(13)5-2/h4,6-9H,1,5,10,16H2,2-3H3. The van der Waals surface area contributed by atoms with Crippen LogP contribution in [0.25, 0.3) is 5.69 Å². The molecule has 1 aromatic heterocycles. The van der Waals surface area contributed by atoms with Gasteiger partial charge in [-0.15, -0.1) is 6.58 Å².